The number of rotatable bonds is 8. The number of carbonyl (C=O) groups excluding carboxylic acids is 3. The first kappa shape index (κ1) is 31.2. The van der Waals surface area contributed by atoms with E-state index in [9.17, 15) is 19.5 Å². The summed E-state index contributed by atoms with van der Waals surface area (Å²) in [6.07, 6.45) is 1.44. The van der Waals surface area contributed by atoms with Crippen LogP contribution in [0.5, 0.6) is 11.5 Å². The number of allylic oxidation sites excluding steroid dienone is 1. The number of benzene rings is 4. The number of aromatic hydroxyl groups is 1. The van der Waals surface area contributed by atoms with E-state index in [4.69, 9.17) is 4.84 Å². The minimum Gasteiger partial charge on any atom is -0.508 e. The Labute approximate surface area is 280 Å². The Morgan fingerprint density at radius 3 is 2.19 bits per heavy atom. The number of imide groups is 1. The van der Waals surface area contributed by atoms with Gasteiger partial charge in [-0.3, -0.25) is 19.7 Å². The van der Waals surface area contributed by atoms with Crippen molar-refractivity contribution in [3.8, 4) is 11.5 Å². The molecule has 9 heteroatoms. The van der Waals surface area contributed by atoms with Crippen molar-refractivity contribution in [2.45, 2.75) is 38.8 Å². The molecule has 3 amide bonds. The molecule has 244 valence electrons. The quantitative estimate of drug-likeness (QED) is 0.190. The lowest BCUT2D eigenvalue weighted by Crippen LogP contribution is -2.52. The molecular formula is C39H38N4O5. The normalized spacial score (nSPS) is 18.8. The fraction of sp³-hybridized carbons (Fsp3) is 0.256. The van der Waals surface area contributed by atoms with E-state index in [1.807, 2.05) is 53.6 Å². The summed E-state index contributed by atoms with van der Waals surface area (Å²) in [6.45, 7) is 5.44. The van der Waals surface area contributed by atoms with Gasteiger partial charge in [-0.05, 0) is 88.7 Å². The number of hydroxylamine groups is 2. The van der Waals surface area contributed by atoms with Crippen LogP contribution < -0.4 is 15.1 Å². The van der Waals surface area contributed by atoms with Crippen molar-refractivity contribution in [3.05, 3.63) is 125 Å². The maximum atomic E-state index is 13.1. The molecule has 2 N–H and O–H groups in total. The third kappa shape index (κ3) is 6.29. The second kappa shape index (κ2) is 13.4. The first-order valence-electron chi connectivity index (χ1n) is 16.5. The van der Waals surface area contributed by atoms with Crippen LogP contribution in [0.3, 0.4) is 0 Å². The van der Waals surface area contributed by atoms with Gasteiger partial charge in [0.15, 0.2) is 0 Å². The highest BCUT2D eigenvalue weighted by Crippen LogP contribution is 2.36. The first-order chi connectivity index (χ1) is 23.4. The van der Waals surface area contributed by atoms with Crippen molar-refractivity contribution >= 4 is 34.6 Å². The van der Waals surface area contributed by atoms with Crippen molar-refractivity contribution in [2.24, 2.45) is 0 Å². The number of hydrogen-bond acceptors (Lipinski definition) is 7. The van der Waals surface area contributed by atoms with E-state index < -0.39 is 11.9 Å². The molecule has 0 bridgehead atoms. The summed E-state index contributed by atoms with van der Waals surface area (Å²) in [5, 5.41) is 14.3. The number of piperazine rings is 1. The molecule has 3 aliphatic heterocycles. The Hall–Kier alpha value is -5.41. The molecule has 3 aliphatic rings. The summed E-state index contributed by atoms with van der Waals surface area (Å²) in [5.41, 5.74) is 8.19. The SMILES string of the molecule is CC/C(=C(\c1ccc(O)cc1)c1ccc(ON2CCN(c3ccc4c(c3)CN(C3CCC(=O)NC3=O)C4=O)CC2)cc1)c1ccccc1. The number of phenolic OH excluding ortho intramolecular Hbond substituents is 1. The van der Waals surface area contributed by atoms with Gasteiger partial charge in [0, 0.05) is 37.3 Å². The van der Waals surface area contributed by atoms with Crippen LogP contribution in [-0.2, 0) is 16.1 Å². The zero-order chi connectivity index (χ0) is 33.2. The molecule has 0 saturated carbocycles. The number of fused-ring (bicyclic) bond motifs is 1. The van der Waals surface area contributed by atoms with Crippen LogP contribution in [-0.4, -0.2) is 65.0 Å². The summed E-state index contributed by atoms with van der Waals surface area (Å²) < 4.78 is 0. The topological polar surface area (TPSA) is 102 Å². The van der Waals surface area contributed by atoms with Gasteiger partial charge in [-0.15, -0.1) is 5.06 Å². The Bertz CT molecular complexity index is 1860. The molecule has 7 rings (SSSR count). The Kier molecular flexibility index (Phi) is 8.69. The summed E-state index contributed by atoms with van der Waals surface area (Å²) in [4.78, 5) is 47.3. The van der Waals surface area contributed by atoms with E-state index in [-0.39, 0.29) is 24.0 Å². The molecule has 0 aromatic heterocycles. The van der Waals surface area contributed by atoms with Crippen LogP contribution in [0.2, 0.25) is 0 Å². The summed E-state index contributed by atoms with van der Waals surface area (Å²) in [6, 6.07) is 31.2. The van der Waals surface area contributed by atoms with Crippen molar-refractivity contribution in [1.29, 1.82) is 0 Å². The van der Waals surface area contributed by atoms with Crippen molar-refractivity contribution in [2.75, 3.05) is 31.1 Å². The highest BCUT2D eigenvalue weighted by Gasteiger charge is 2.39. The van der Waals surface area contributed by atoms with Gasteiger partial charge >= 0.3 is 0 Å². The molecule has 3 heterocycles. The predicted molar refractivity (Wildman–Crippen MR) is 184 cm³/mol. The lowest BCUT2D eigenvalue weighted by molar-refractivity contribution is -0.136. The highest BCUT2D eigenvalue weighted by molar-refractivity contribution is 6.05. The summed E-state index contributed by atoms with van der Waals surface area (Å²) in [7, 11) is 0. The van der Waals surface area contributed by atoms with Crippen LogP contribution in [0.1, 0.15) is 58.8 Å². The standard InChI is InChI=1S/C39H38N4O5/c1-2-33(26-6-4-3-5-7-26)37(27-8-13-31(44)14-9-27)28-10-15-32(16-11-28)48-42-22-20-41(21-23-42)30-12-17-34-29(24-30)25-43(39(34)47)35-18-19-36(45)40-38(35)46/h3-17,24,35,44H,2,18-23,25H2,1H3,(H,40,45,46)/b37-33-. The monoisotopic (exact) mass is 642 g/mol. The zero-order valence-electron chi connectivity index (χ0n) is 26.9. The number of phenols is 1. The molecule has 4 aromatic rings. The third-order valence-corrected chi connectivity index (χ3v) is 9.42. The van der Waals surface area contributed by atoms with Crippen molar-refractivity contribution in [3.63, 3.8) is 0 Å². The third-order valence-electron chi connectivity index (χ3n) is 9.42. The zero-order valence-corrected chi connectivity index (χ0v) is 26.9. The molecule has 1 atom stereocenters. The number of hydrogen-bond donors (Lipinski definition) is 2. The molecular weight excluding hydrogens is 604 g/mol. The van der Waals surface area contributed by atoms with E-state index in [0.717, 1.165) is 53.2 Å². The summed E-state index contributed by atoms with van der Waals surface area (Å²) >= 11 is 0. The predicted octanol–water partition coefficient (Wildman–Crippen LogP) is 5.64. The molecule has 4 aromatic carbocycles. The van der Waals surface area contributed by atoms with Gasteiger partial charge in [0.2, 0.25) is 11.8 Å². The molecule has 9 nitrogen and oxygen atoms in total. The average molecular weight is 643 g/mol. The minimum absolute atomic E-state index is 0.160. The van der Waals surface area contributed by atoms with E-state index in [1.165, 1.54) is 11.1 Å². The Morgan fingerprint density at radius 2 is 1.52 bits per heavy atom. The van der Waals surface area contributed by atoms with Gasteiger partial charge in [-0.25, -0.2) is 0 Å². The number of anilines is 1. The van der Waals surface area contributed by atoms with Gasteiger partial charge in [0.1, 0.15) is 17.5 Å². The number of piperidine rings is 1. The van der Waals surface area contributed by atoms with Crippen LogP contribution in [0.4, 0.5) is 5.69 Å². The fourth-order valence-corrected chi connectivity index (χ4v) is 6.93. The number of nitrogens with zero attached hydrogens (tertiary/aromatic N) is 3. The molecule has 0 radical (unpaired) electrons. The average Bonchev–Trinajstić information content (AvgIpc) is 3.44. The molecule has 2 saturated heterocycles. The van der Waals surface area contributed by atoms with Crippen LogP contribution >= 0.6 is 0 Å². The maximum absolute atomic E-state index is 13.1. The highest BCUT2D eigenvalue weighted by atomic mass is 16.7. The maximum Gasteiger partial charge on any atom is 0.255 e. The van der Waals surface area contributed by atoms with Crippen LogP contribution in [0.15, 0.2) is 97.1 Å². The second-order valence-electron chi connectivity index (χ2n) is 12.4. The van der Waals surface area contributed by atoms with Gasteiger partial charge < -0.3 is 19.7 Å². The lowest BCUT2D eigenvalue weighted by Gasteiger charge is -2.35. The van der Waals surface area contributed by atoms with Crippen LogP contribution in [0, 0.1) is 0 Å². The largest absolute Gasteiger partial charge is 0.508 e. The smallest absolute Gasteiger partial charge is 0.255 e. The second-order valence-corrected chi connectivity index (χ2v) is 12.4. The Balaban J connectivity index is 1.01. The van der Waals surface area contributed by atoms with Gasteiger partial charge in [0.25, 0.3) is 5.91 Å². The number of nitrogens with one attached hydrogen (secondary N) is 1. The van der Waals surface area contributed by atoms with E-state index in [1.54, 1.807) is 17.0 Å². The van der Waals surface area contributed by atoms with Gasteiger partial charge in [-0.2, -0.15) is 0 Å². The molecule has 1 unspecified atom stereocenters. The minimum atomic E-state index is -0.617. The van der Waals surface area contributed by atoms with Gasteiger partial charge in [0.05, 0.1) is 13.1 Å². The molecule has 48 heavy (non-hydrogen) atoms. The molecule has 0 aliphatic carbocycles. The molecule has 0 spiro atoms. The lowest BCUT2D eigenvalue weighted by atomic mass is 9.88. The fourth-order valence-electron chi connectivity index (χ4n) is 6.93. The number of carbonyl (C=O) groups is 3. The first-order valence-corrected chi connectivity index (χ1v) is 16.5. The van der Waals surface area contributed by atoms with E-state index in [2.05, 4.69) is 53.5 Å². The van der Waals surface area contributed by atoms with E-state index >= 15 is 0 Å². The van der Waals surface area contributed by atoms with Crippen LogP contribution in [0.25, 0.3) is 11.1 Å². The number of amides is 3. The molecule has 2 fully saturated rings. The van der Waals surface area contributed by atoms with Gasteiger partial charge in [-0.1, -0.05) is 61.5 Å². The summed E-state index contributed by atoms with van der Waals surface area (Å²) in [5.74, 6) is 0.156. The Morgan fingerprint density at radius 1 is 0.833 bits per heavy atom. The van der Waals surface area contributed by atoms with Crippen molar-refractivity contribution < 1.29 is 24.3 Å². The van der Waals surface area contributed by atoms with Crippen molar-refractivity contribution in [1.82, 2.24) is 15.3 Å². The van der Waals surface area contributed by atoms with E-state index in [0.29, 0.717) is 31.6 Å².